The first-order chi connectivity index (χ1) is 7.78. The molecule has 2 unspecified atom stereocenters. The van der Waals surface area contributed by atoms with Crippen LogP contribution in [-0.2, 0) is 9.47 Å². The molecule has 2 fully saturated rings. The van der Waals surface area contributed by atoms with Crippen molar-refractivity contribution in [3.63, 3.8) is 0 Å². The fourth-order valence-electron chi connectivity index (χ4n) is 2.73. The van der Waals surface area contributed by atoms with Crippen LogP contribution in [-0.4, -0.2) is 18.0 Å². The molecule has 16 heavy (non-hydrogen) atoms. The Morgan fingerprint density at radius 2 is 2.00 bits per heavy atom. The lowest BCUT2D eigenvalue weighted by molar-refractivity contribution is -0.312. The van der Waals surface area contributed by atoms with Crippen molar-refractivity contribution in [1.29, 1.82) is 5.26 Å². The summed E-state index contributed by atoms with van der Waals surface area (Å²) in [6, 6.07) is 2.20. The van der Waals surface area contributed by atoms with Gasteiger partial charge in [0.05, 0.1) is 24.7 Å². The minimum atomic E-state index is -0.382. The number of ether oxygens (including phenoxy) is 2. The van der Waals surface area contributed by atoms with Gasteiger partial charge < -0.3 is 9.47 Å². The maximum Gasteiger partial charge on any atom is 0.169 e. The van der Waals surface area contributed by atoms with Crippen molar-refractivity contribution in [1.82, 2.24) is 0 Å². The molecule has 88 valence electrons. The van der Waals surface area contributed by atoms with E-state index in [2.05, 4.69) is 12.6 Å². The molecule has 1 aliphatic heterocycles. The number of rotatable bonds is 3. The Bertz CT molecular complexity index is 289. The molecule has 1 heterocycles. The number of hydrogen-bond donors (Lipinski definition) is 0. The smallest absolute Gasteiger partial charge is 0.169 e. The Balaban J connectivity index is 2.04. The van der Waals surface area contributed by atoms with Gasteiger partial charge in [-0.05, 0) is 19.3 Å². The molecule has 1 saturated heterocycles. The van der Waals surface area contributed by atoms with E-state index in [0.29, 0.717) is 6.42 Å². The van der Waals surface area contributed by atoms with Gasteiger partial charge >= 0.3 is 0 Å². The van der Waals surface area contributed by atoms with Crippen LogP contribution in [0.4, 0.5) is 0 Å². The lowest BCUT2D eigenvalue weighted by Crippen LogP contribution is -2.46. The quantitative estimate of drug-likeness (QED) is 0.688. The van der Waals surface area contributed by atoms with Crippen LogP contribution in [0.25, 0.3) is 0 Å². The second-order valence-corrected chi connectivity index (χ2v) is 4.72. The molecular weight excluding hydrogens is 202 g/mol. The highest BCUT2D eigenvalue weighted by atomic mass is 16.7. The standard InChI is InChI=1S/C13H19NO2/c1-2-5-11-10-12(6-9-14)16-13(15-11)7-3-4-8-13/h2,11-12H,1,3-8,10H2. The highest BCUT2D eigenvalue weighted by Gasteiger charge is 2.44. The molecule has 2 aliphatic rings. The van der Waals surface area contributed by atoms with E-state index < -0.39 is 0 Å². The first-order valence-electron chi connectivity index (χ1n) is 6.11. The predicted octanol–water partition coefficient (Wildman–Crippen LogP) is 2.92. The zero-order chi connectivity index (χ0) is 11.4. The van der Waals surface area contributed by atoms with E-state index in [0.717, 1.165) is 25.7 Å². The van der Waals surface area contributed by atoms with E-state index in [9.17, 15) is 0 Å². The van der Waals surface area contributed by atoms with Gasteiger partial charge in [-0.15, -0.1) is 6.58 Å². The molecule has 1 aliphatic carbocycles. The van der Waals surface area contributed by atoms with Crippen molar-refractivity contribution < 1.29 is 9.47 Å². The fourth-order valence-corrected chi connectivity index (χ4v) is 2.73. The van der Waals surface area contributed by atoms with Crippen LogP contribution in [0, 0.1) is 11.3 Å². The molecule has 0 aromatic carbocycles. The molecule has 1 saturated carbocycles. The van der Waals surface area contributed by atoms with Crippen LogP contribution in [0.1, 0.15) is 44.9 Å². The van der Waals surface area contributed by atoms with Crippen LogP contribution in [0.3, 0.4) is 0 Å². The van der Waals surface area contributed by atoms with E-state index in [1.807, 2.05) is 6.08 Å². The minimum absolute atomic E-state index is 0.0433. The third-order valence-electron chi connectivity index (χ3n) is 3.40. The Morgan fingerprint density at radius 3 is 2.62 bits per heavy atom. The van der Waals surface area contributed by atoms with E-state index >= 15 is 0 Å². The van der Waals surface area contributed by atoms with Crippen LogP contribution >= 0.6 is 0 Å². The summed E-state index contributed by atoms with van der Waals surface area (Å²) in [5.41, 5.74) is 0. The van der Waals surface area contributed by atoms with Gasteiger partial charge in [0.1, 0.15) is 0 Å². The van der Waals surface area contributed by atoms with Gasteiger partial charge in [-0.3, -0.25) is 0 Å². The Kier molecular flexibility index (Phi) is 3.63. The van der Waals surface area contributed by atoms with E-state index in [1.54, 1.807) is 0 Å². The van der Waals surface area contributed by atoms with E-state index in [-0.39, 0.29) is 18.0 Å². The minimum Gasteiger partial charge on any atom is -0.346 e. The van der Waals surface area contributed by atoms with Gasteiger partial charge in [-0.25, -0.2) is 0 Å². The third-order valence-corrected chi connectivity index (χ3v) is 3.40. The second-order valence-electron chi connectivity index (χ2n) is 4.72. The molecule has 0 N–H and O–H groups in total. The second kappa shape index (κ2) is 4.99. The number of hydrogen-bond acceptors (Lipinski definition) is 3. The SMILES string of the molecule is C=CCC1CC(CC#N)OC2(CCCC2)O1. The van der Waals surface area contributed by atoms with Crippen LogP contribution < -0.4 is 0 Å². The lowest BCUT2D eigenvalue weighted by Gasteiger charge is -2.42. The van der Waals surface area contributed by atoms with Crippen LogP contribution in [0.2, 0.25) is 0 Å². The van der Waals surface area contributed by atoms with Gasteiger partial charge in [0.15, 0.2) is 5.79 Å². The maximum atomic E-state index is 8.77. The van der Waals surface area contributed by atoms with Gasteiger partial charge in [-0.2, -0.15) is 5.26 Å². The summed E-state index contributed by atoms with van der Waals surface area (Å²) in [5.74, 6) is -0.382. The summed E-state index contributed by atoms with van der Waals surface area (Å²) in [6.45, 7) is 3.76. The Morgan fingerprint density at radius 1 is 1.31 bits per heavy atom. The summed E-state index contributed by atoms with van der Waals surface area (Å²) in [5, 5.41) is 8.77. The molecule has 3 heteroatoms. The van der Waals surface area contributed by atoms with Gasteiger partial charge in [0.25, 0.3) is 0 Å². The molecule has 2 rings (SSSR count). The molecule has 2 atom stereocenters. The predicted molar refractivity (Wildman–Crippen MR) is 60.6 cm³/mol. The number of nitrogens with zero attached hydrogens (tertiary/aromatic N) is 1. The molecule has 0 radical (unpaired) electrons. The van der Waals surface area contributed by atoms with Crippen LogP contribution in [0.5, 0.6) is 0 Å². The van der Waals surface area contributed by atoms with Crippen molar-refractivity contribution in [3.05, 3.63) is 12.7 Å². The summed E-state index contributed by atoms with van der Waals surface area (Å²) >= 11 is 0. The topological polar surface area (TPSA) is 42.2 Å². The van der Waals surface area contributed by atoms with Gasteiger partial charge in [-0.1, -0.05) is 6.08 Å². The molecule has 0 bridgehead atoms. The highest BCUT2D eigenvalue weighted by Crippen LogP contribution is 2.41. The van der Waals surface area contributed by atoms with Gasteiger partial charge in [0.2, 0.25) is 0 Å². The fraction of sp³-hybridized carbons (Fsp3) is 0.769. The zero-order valence-corrected chi connectivity index (χ0v) is 9.65. The van der Waals surface area contributed by atoms with Crippen molar-refractivity contribution >= 4 is 0 Å². The number of nitriles is 1. The van der Waals surface area contributed by atoms with Crippen molar-refractivity contribution in [2.75, 3.05) is 0 Å². The average Bonchev–Trinajstić information content (AvgIpc) is 2.66. The summed E-state index contributed by atoms with van der Waals surface area (Å²) < 4.78 is 12.0. The Hall–Kier alpha value is -0.850. The monoisotopic (exact) mass is 221 g/mol. The highest BCUT2D eigenvalue weighted by molar-refractivity contribution is 4.90. The Labute approximate surface area is 97.0 Å². The molecule has 1 spiro atoms. The lowest BCUT2D eigenvalue weighted by atomic mass is 10.0. The normalized spacial score (nSPS) is 32.4. The maximum absolute atomic E-state index is 8.77. The van der Waals surface area contributed by atoms with Crippen molar-refractivity contribution in [3.8, 4) is 6.07 Å². The third kappa shape index (κ3) is 2.45. The van der Waals surface area contributed by atoms with Crippen molar-refractivity contribution in [2.45, 2.75) is 62.9 Å². The molecule has 3 nitrogen and oxygen atoms in total. The van der Waals surface area contributed by atoms with E-state index in [1.165, 1.54) is 12.8 Å². The summed E-state index contributed by atoms with van der Waals surface area (Å²) in [7, 11) is 0. The zero-order valence-electron chi connectivity index (χ0n) is 9.65. The summed E-state index contributed by atoms with van der Waals surface area (Å²) in [4.78, 5) is 0. The first-order valence-corrected chi connectivity index (χ1v) is 6.11. The van der Waals surface area contributed by atoms with Crippen LogP contribution in [0.15, 0.2) is 12.7 Å². The van der Waals surface area contributed by atoms with E-state index in [4.69, 9.17) is 14.7 Å². The molecule has 0 aromatic heterocycles. The average molecular weight is 221 g/mol. The first kappa shape index (κ1) is 11.6. The summed E-state index contributed by atoms with van der Waals surface area (Å²) in [6.07, 6.45) is 8.55. The largest absolute Gasteiger partial charge is 0.346 e. The molecule has 0 aromatic rings. The van der Waals surface area contributed by atoms with Gasteiger partial charge in [0, 0.05) is 19.3 Å². The van der Waals surface area contributed by atoms with Crippen molar-refractivity contribution in [2.24, 2.45) is 0 Å². The molecular formula is C13H19NO2. The molecule has 0 amide bonds.